The lowest BCUT2D eigenvalue weighted by atomic mass is 10.1. The van der Waals surface area contributed by atoms with Crippen LogP contribution >= 0.6 is 0 Å². The fourth-order valence-corrected chi connectivity index (χ4v) is 4.40. The summed E-state index contributed by atoms with van der Waals surface area (Å²) < 4.78 is 26.4. The molecule has 0 aromatic heterocycles. The third-order valence-electron chi connectivity index (χ3n) is 3.32. The molecule has 0 aliphatic heterocycles. The second-order valence-electron chi connectivity index (χ2n) is 5.50. The first-order chi connectivity index (χ1) is 9.28. The Kier molecular flexibility index (Phi) is 4.10. The molecule has 0 spiro atoms. The molecule has 0 unspecified atom stereocenters. The highest BCUT2D eigenvalue weighted by molar-refractivity contribution is 7.89. The largest absolute Gasteiger partial charge is 0.272 e. The van der Waals surface area contributed by atoms with Gasteiger partial charge in [-0.25, -0.2) is 13.1 Å². The number of rotatable bonds is 5. The van der Waals surface area contributed by atoms with Crippen LogP contribution in [0.1, 0.15) is 25.0 Å². The van der Waals surface area contributed by atoms with Crippen molar-refractivity contribution in [1.29, 1.82) is 0 Å². The number of hydrogen-bond donors (Lipinski definition) is 1. The van der Waals surface area contributed by atoms with Crippen molar-refractivity contribution in [1.82, 2.24) is 4.72 Å². The van der Waals surface area contributed by atoms with Gasteiger partial charge in [0.05, 0.1) is 10.7 Å². The van der Waals surface area contributed by atoms with Gasteiger partial charge >= 0.3 is 0 Å². The van der Waals surface area contributed by atoms with E-state index in [4.69, 9.17) is 0 Å². The summed E-state index contributed by atoms with van der Waals surface area (Å²) in [5.41, 5.74) is 1.67. The highest BCUT2D eigenvalue weighted by atomic mass is 32.2. The number of nitro benzene ring substituents is 1. The maximum atomic E-state index is 11.9. The lowest BCUT2D eigenvalue weighted by molar-refractivity contribution is -0.385. The highest BCUT2D eigenvalue weighted by Gasteiger charge is 2.31. The van der Waals surface area contributed by atoms with E-state index in [0.29, 0.717) is 18.4 Å². The van der Waals surface area contributed by atoms with Gasteiger partial charge in [0.1, 0.15) is 0 Å². The standard InChI is InChI=1S/C13H18N2O4S/c1-9(2)14-20(18,19)8-10-6-11-4-3-5-13(15(16)17)12(11)7-10/h3-5,9-10,14H,6-8H2,1-2H3/t10-/m0/s1. The monoisotopic (exact) mass is 298 g/mol. The van der Waals surface area contributed by atoms with Gasteiger partial charge in [-0.3, -0.25) is 10.1 Å². The Morgan fingerprint density at radius 3 is 2.70 bits per heavy atom. The number of sulfonamides is 1. The molecule has 2 rings (SSSR count). The first-order valence-electron chi connectivity index (χ1n) is 6.53. The van der Waals surface area contributed by atoms with E-state index in [0.717, 1.165) is 5.56 Å². The Morgan fingerprint density at radius 2 is 2.10 bits per heavy atom. The van der Waals surface area contributed by atoms with E-state index in [2.05, 4.69) is 4.72 Å². The predicted octanol–water partition coefficient (Wildman–Crippen LogP) is 1.64. The van der Waals surface area contributed by atoms with E-state index in [1.54, 1.807) is 19.9 Å². The van der Waals surface area contributed by atoms with Crippen molar-refractivity contribution in [2.75, 3.05) is 5.75 Å². The molecule has 1 aliphatic rings. The van der Waals surface area contributed by atoms with Gasteiger partial charge < -0.3 is 0 Å². The minimum atomic E-state index is -3.33. The van der Waals surface area contributed by atoms with E-state index in [1.165, 1.54) is 6.07 Å². The maximum absolute atomic E-state index is 11.9. The zero-order valence-corrected chi connectivity index (χ0v) is 12.3. The average Bonchev–Trinajstić information content (AvgIpc) is 2.66. The predicted molar refractivity (Wildman–Crippen MR) is 76.1 cm³/mol. The Balaban J connectivity index is 2.14. The van der Waals surface area contributed by atoms with Gasteiger partial charge in [-0.05, 0) is 38.2 Å². The van der Waals surface area contributed by atoms with E-state index in [1.807, 2.05) is 6.07 Å². The van der Waals surface area contributed by atoms with Crippen molar-refractivity contribution in [2.24, 2.45) is 5.92 Å². The summed E-state index contributed by atoms with van der Waals surface area (Å²) in [6.07, 6.45) is 1.03. The molecule has 1 N–H and O–H groups in total. The van der Waals surface area contributed by atoms with E-state index >= 15 is 0 Å². The summed E-state index contributed by atoms with van der Waals surface area (Å²) in [6, 6.07) is 4.82. The number of hydrogen-bond acceptors (Lipinski definition) is 4. The molecule has 0 fully saturated rings. The molecule has 6 nitrogen and oxygen atoms in total. The van der Waals surface area contributed by atoms with Crippen molar-refractivity contribution in [3.63, 3.8) is 0 Å². The van der Waals surface area contributed by atoms with Crippen LogP contribution in [-0.2, 0) is 22.9 Å². The van der Waals surface area contributed by atoms with Gasteiger partial charge in [-0.2, -0.15) is 0 Å². The van der Waals surface area contributed by atoms with E-state index in [-0.39, 0.29) is 23.4 Å². The molecule has 0 heterocycles. The summed E-state index contributed by atoms with van der Waals surface area (Å²) >= 11 is 0. The molecule has 1 atom stereocenters. The average molecular weight is 298 g/mol. The number of nitrogens with zero attached hydrogens (tertiary/aromatic N) is 1. The van der Waals surface area contributed by atoms with E-state index in [9.17, 15) is 18.5 Å². The van der Waals surface area contributed by atoms with Gasteiger partial charge in [-0.1, -0.05) is 12.1 Å². The van der Waals surface area contributed by atoms with Crippen LogP contribution in [0, 0.1) is 16.0 Å². The normalized spacial score (nSPS) is 18.2. The Morgan fingerprint density at radius 1 is 1.40 bits per heavy atom. The lowest BCUT2D eigenvalue weighted by Crippen LogP contribution is -2.34. The van der Waals surface area contributed by atoms with Crippen LogP contribution in [0.2, 0.25) is 0 Å². The quantitative estimate of drug-likeness (QED) is 0.661. The topological polar surface area (TPSA) is 89.3 Å². The Hall–Kier alpha value is -1.47. The van der Waals surface area contributed by atoms with Crippen molar-refractivity contribution in [3.05, 3.63) is 39.4 Å². The molecule has 20 heavy (non-hydrogen) atoms. The van der Waals surface area contributed by atoms with Crippen LogP contribution in [0.4, 0.5) is 5.69 Å². The molecule has 0 saturated heterocycles. The SMILES string of the molecule is CC(C)NS(=O)(=O)C[C@H]1Cc2cccc([N+](=O)[O-])c2C1. The number of nitrogens with one attached hydrogen (secondary N) is 1. The van der Waals surface area contributed by atoms with Gasteiger partial charge in [0.25, 0.3) is 5.69 Å². The van der Waals surface area contributed by atoms with Crippen LogP contribution < -0.4 is 4.72 Å². The molecule has 0 radical (unpaired) electrons. The van der Waals surface area contributed by atoms with Crippen molar-refractivity contribution in [2.45, 2.75) is 32.7 Å². The smallest absolute Gasteiger partial charge is 0.258 e. The number of benzene rings is 1. The first kappa shape index (κ1) is 14.9. The highest BCUT2D eigenvalue weighted by Crippen LogP contribution is 2.33. The second-order valence-corrected chi connectivity index (χ2v) is 7.30. The van der Waals surface area contributed by atoms with Gasteiger partial charge in [-0.15, -0.1) is 0 Å². The second kappa shape index (κ2) is 5.49. The van der Waals surface area contributed by atoms with Crippen LogP contribution in [0.5, 0.6) is 0 Å². The molecule has 1 aromatic rings. The molecule has 1 aliphatic carbocycles. The molecule has 0 saturated carbocycles. The third-order valence-corrected chi connectivity index (χ3v) is 5.06. The van der Waals surface area contributed by atoms with Crippen molar-refractivity contribution in [3.8, 4) is 0 Å². The van der Waals surface area contributed by atoms with Crippen molar-refractivity contribution < 1.29 is 13.3 Å². The minimum absolute atomic E-state index is 0.0109. The molecular weight excluding hydrogens is 280 g/mol. The summed E-state index contributed by atoms with van der Waals surface area (Å²) in [5, 5.41) is 11.0. The fourth-order valence-electron chi connectivity index (χ4n) is 2.73. The van der Waals surface area contributed by atoms with E-state index < -0.39 is 14.9 Å². The number of nitro groups is 1. The van der Waals surface area contributed by atoms with Crippen LogP contribution in [0.3, 0.4) is 0 Å². The fraction of sp³-hybridized carbons (Fsp3) is 0.538. The van der Waals surface area contributed by atoms with Crippen LogP contribution in [0.15, 0.2) is 18.2 Å². The molecule has 1 aromatic carbocycles. The minimum Gasteiger partial charge on any atom is -0.258 e. The zero-order valence-electron chi connectivity index (χ0n) is 11.5. The Labute approximate surface area is 118 Å². The number of fused-ring (bicyclic) bond motifs is 1. The molecule has 7 heteroatoms. The Bertz CT molecular complexity index is 625. The summed E-state index contributed by atoms with van der Waals surface area (Å²) in [5.74, 6) is -0.0841. The van der Waals surface area contributed by atoms with Gasteiger partial charge in [0.2, 0.25) is 10.0 Å². The van der Waals surface area contributed by atoms with Crippen LogP contribution in [0.25, 0.3) is 0 Å². The lowest BCUT2D eigenvalue weighted by Gasteiger charge is -2.13. The van der Waals surface area contributed by atoms with Crippen molar-refractivity contribution >= 4 is 15.7 Å². The van der Waals surface area contributed by atoms with Gasteiger partial charge in [0.15, 0.2) is 0 Å². The molecule has 0 bridgehead atoms. The summed E-state index contributed by atoms with van der Waals surface area (Å²) in [6.45, 7) is 3.54. The summed E-state index contributed by atoms with van der Waals surface area (Å²) in [7, 11) is -3.33. The first-order valence-corrected chi connectivity index (χ1v) is 8.19. The molecular formula is C13H18N2O4S. The molecule has 0 amide bonds. The summed E-state index contributed by atoms with van der Waals surface area (Å²) in [4.78, 5) is 10.6. The maximum Gasteiger partial charge on any atom is 0.272 e. The van der Waals surface area contributed by atoms with Gasteiger partial charge in [0, 0.05) is 17.7 Å². The zero-order chi connectivity index (χ0) is 14.9. The van der Waals surface area contributed by atoms with Crippen LogP contribution in [-0.4, -0.2) is 25.1 Å². The molecule has 110 valence electrons. The third kappa shape index (κ3) is 3.34.